The molecular formula is C32H35IrN2O2S2-. The Labute approximate surface area is 252 Å². The molecule has 4 nitrogen and oxygen atoms in total. The number of carbonyl (C=O) groups is 1. The van der Waals surface area contributed by atoms with E-state index in [4.69, 9.17) is 0 Å². The van der Waals surface area contributed by atoms with Gasteiger partial charge in [-0.2, -0.15) is 11.6 Å². The maximum absolute atomic E-state index is 11.7. The zero-order valence-corrected chi connectivity index (χ0v) is 27.1. The third kappa shape index (κ3) is 6.83. The van der Waals surface area contributed by atoms with Crippen LogP contribution in [0, 0.1) is 24.8 Å². The molecule has 3 aromatic heterocycles. The van der Waals surface area contributed by atoms with Gasteiger partial charge in [0.2, 0.25) is 0 Å². The summed E-state index contributed by atoms with van der Waals surface area (Å²) in [6, 6.07) is 16.3. The number of aliphatic hydroxyl groups excluding tert-OH is 1. The topological polar surface area (TPSA) is 63.1 Å². The fraction of sp³-hybridized carbons (Fsp3) is 0.344. The number of aliphatic hydroxyl groups is 1. The smallest absolute Gasteiger partial charge is 0.162 e. The monoisotopic (exact) mass is 736 g/mol. The summed E-state index contributed by atoms with van der Waals surface area (Å²) in [4.78, 5) is 21.9. The van der Waals surface area contributed by atoms with Crippen LogP contribution in [-0.4, -0.2) is 20.9 Å². The summed E-state index contributed by atoms with van der Waals surface area (Å²) in [5.41, 5.74) is 3.20. The number of benzene rings is 2. The first-order valence-electron chi connectivity index (χ1n) is 13.4. The number of allylic oxidation sites excluding steroid dienone is 2. The molecule has 7 heteroatoms. The zero-order chi connectivity index (χ0) is 27.2. The van der Waals surface area contributed by atoms with E-state index in [0.29, 0.717) is 0 Å². The van der Waals surface area contributed by atoms with Gasteiger partial charge < -0.3 is 5.11 Å². The first kappa shape index (κ1) is 31.1. The Balaban J connectivity index is 0.000000233. The Bertz CT molecular complexity index is 1580. The average Bonchev–Trinajstić information content (AvgIpc) is 3.54. The van der Waals surface area contributed by atoms with Crippen molar-refractivity contribution in [1.29, 1.82) is 0 Å². The summed E-state index contributed by atoms with van der Waals surface area (Å²) in [6.45, 7) is 10.1. The number of aryl methyl sites for hydroxylation is 1. The van der Waals surface area contributed by atoms with Gasteiger partial charge in [-0.1, -0.05) is 75.9 Å². The van der Waals surface area contributed by atoms with Crippen LogP contribution in [0.4, 0.5) is 0 Å². The number of thiophene rings is 2. The molecule has 2 aromatic carbocycles. The number of fused-ring (bicyclic) bond motifs is 5. The molecule has 0 atom stereocenters. The van der Waals surface area contributed by atoms with Crippen molar-refractivity contribution in [3.63, 3.8) is 0 Å². The molecule has 0 spiro atoms. The van der Waals surface area contributed by atoms with Crippen molar-refractivity contribution < 1.29 is 30.0 Å². The third-order valence-corrected chi connectivity index (χ3v) is 9.34. The Kier molecular flexibility index (Phi) is 11.4. The van der Waals surface area contributed by atoms with Crippen molar-refractivity contribution in [2.75, 3.05) is 0 Å². The van der Waals surface area contributed by atoms with E-state index >= 15 is 0 Å². The molecule has 207 valence electrons. The quantitative estimate of drug-likeness (QED) is 0.0980. The van der Waals surface area contributed by atoms with Gasteiger partial charge in [-0.3, -0.25) is 9.78 Å². The van der Waals surface area contributed by atoms with Gasteiger partial charge in [-0.15, -0.1) is 16.7 Å². The largest absolute Gasteiger partial charge is 0.512 e. The molecule has 0 aliphatic heterocycles. The first-order valence-corrected chi connectivity index (χ1v) is 15.1. The van der Waals surface area contributed by atoms with Crippen molar-refractivity contribution in [2.45, 2.75) is 60.3 Å². The molecule has 0 amide bonds. The molecule has 0 saturated carbocycles. The molecule has 1 radical (unpaired) electrons. The van der Waals surface area contributed by atoms with Gasteiger partial charge in [0.05, 0.1) is 11.3 Å². The van der Waals surface area contributed by atoms with E-state index < -0.39 is 0 Å². The zero-order valence-electron chi connectivity index (χ0n) is 23.1. The summed E-state index contributed by atoms with van der Waals surface area (Å²) < 4.78 is 2.44. The van der Waals surface area contributed by atoms with Crippen molar-refractivity contribution in [3.05, 3.63) is 71.6 Å². The molecule has 0 bridgehead atoms. The van der Waals surface area contributed by atoms with E-state index in [1.54, 1.807) is 29.0 Å². The van der Waals surface area contributed by atoms with Crippen molar-refractivity contribution in [3.8, 4) is 10.6 Å². The predicted octanol–water partition coefficient (Wildman–Crippen LogP) is 9.70. The SMILES string of the molecule is CCC(CC)C(=O)/C=C(\O)C(CC)CC.Cc1[c-]c(-c2ncnc3c2sc2c4ccccc4ccc32)sc1.[Ir]. The molecule has 0 unspecified atom stereocenters. The van der Waals surface area contributed by atoms with Crippen LogP contribution in [-0.2, 0) is 24.9 Å². The molecule has 0 aliphatic carbocycles. The Morgan fingerprint density at radius 1 is 0.949 bits per heavy atom. The molecule has 3 heterocycles. The van der Waals surface area contributed by atoms with Crippen LogP contribution in [0.2, 0.25) is 0 Å². The summed E-state index contributed by atoms with van der Waals surface area (Å²) in [5, 5.41) is 15.6. The van der Waals surface area contributed by atoms with E-state index in [-0.39, 0.29) is 43.5 Å². The van der Waals surface area contributed by atoms with E-state index in [1.165, 1.54) is 26.9 Å². The van der Waals surface area contributed by atoms with E-state index in [9.17, 15) is 9.90 Å². The molecule has 5 rings (SSSR count). The third-order valence-electron chi connectivity index (χ3n) is 7.10. The van der Waals surface area contributed by atoms with Gasteiger partial charge in [0, 0.05) is 58.5 Å². The maximum atomic E-state index is 11.7. The van der Waals surface area contributed by atoms with E-state index in [1.807, 2.05) is 27.7 Å². The van der Waals surface area contributed by atoms with Crippen molar-refractivity contribution in [2.24, 2.45) is 11.8 Å². The molecule has 0 saturated heterocycles. The molecule has 5 aromatic rings. The van der Waals surface area contributed by atoms with E-state index in [2.05, 4.69) is 64.7 Å². The van der Waals surface area contributed by atoms with Crippen LogP contribution in [0.15, 0.2) is 59.9 Å². The van der Waals surface area contributed by atoms with Crippen LogP contribution < -0.4 is 0 Å². The number of hydrogen-bond acceptors (Lipinski definition) is 6. The van der Waals surface area contributed by atoms with Crippen LogP contribution in [0.5, 0.6) is 0 Å². The normalized spacial score (nSPS) is 11.7. The molecule has 0 aliphatic rings. The maximum Gasteiger partial charge on any atom is 0.162 e. The second kappa shape index (κ2) is 14.3. The van der Waals surface area contributed by atoms with Gasteiger partial charge in [0.25, 0.3) is 0 Å². The fourth-order valence-electron chi connectivity index (χ4n) is 4.75. The van der Waals surface area contributed by atoms with E-state index in [0.717, 1.165) is 52.0 Å². The summed E-state index contributed by atoms with van der Waals surface area (Å²) in [7, 11) is 0. The molecular weight excluding hydrogens is 701 g/mol. The Morgan fingerprint density at radius 3 is 2.28 bits per heavy atom. The standard InChI is InChI=1S/C19H11N2S2.C13H24O2.Ir/c1-11-8-15(22-9-11)17-19-16(20-10-21-17)14-7-6-12-4-2-3-5-13(12)18(14)23-19;1-5-10(6-2)12(14)9-13(15)11(7-3)8-4;/h2-7,9-10H,1H3;9-11,14H,5-8H2,1-4H3;/q-1;;/b;12-9-;. The fourth-order valence-corrected chi connectivity index (χ4v) is 6.94. The summed E-state index contributed by atoms with van der Waals surface area (Å²) in [5.74, 6) is 0.547. The molecule has 0 fully saturated rings. The summed E-state index contributed by atoms with van der Waals surface area (Å²) in [6.07, 6.45) is 6.57. The minimum Gasteiger partial charge on any atom is -0.512 e. The first-order chi connectivity index (χ1) is 18.4. The van der Waals surface area contributed by atoms with Crippen LogP contribution in [0.1, 0.15) is 58.9 Å². The minimum absolute atomic E-state index is 0. The average molecular weight is 736 g/mol. The van der Waals surface area contributed by atoms with Crippen molar-refractivity contribution >= 4 is 59.5 Å². The second-order valence-corrected chi connectivity index (χ2v) is 11.4. The Hall–Kier alpha value is -2.44. The number of nitrogens with zero attached hydrogens (tertiary/aromatic N) is 2. The molecule has 1 N–H and O–H groups in total. The van der Waals surface area contributed by atoms with Gasteiger partial charge in [0.15, 0.2) is 5.78 Å². The Morgan fingerprint density at radius 2 is 1.64 bits per heavy atom. The molecule has 39 heavy (non-hydrogen) atoms. The minimum atomic E-state index is 0. The number of aromatic nitrogens is 2. The van der Waals surface area contributed by atoms with Crippen LogP contribution in [0.3, 0.4) is 0 Å². The van der Waals surface area contributed by atoms with Gasteiger partial charge >= 0.3 is 0 Å². The second-order valence-electron chi connectivity index (χ2n) is 9.54. The number of rotatable bonds is 8. The predicted molar refractivity (Wildman–Crippen MR) is 163 cm³/mol. The van der Waals surface area contributed by atoms with Gasteiger partial charge in [-0.25, -0.2) is 16.3 Å². The summed E-state index contributed by atoms with van der Waals surface area (Å²) >= 11 is 3.48. The van der Waals surface area contributed by atoms with Crippen LogP contribution in [0.25, 0.3) is 41.6 Å². The van der Waals surface area contributed by atoms with Crippen LogP contribution >= 0.6 is 22.7 Å². The van der Waals surface area contributed by atoms with Gasteiger partial charge in [-0.05, 0) is 36.5 Å². The van der Waals surface area contributed by atoms with Gasteiger partial charge in [0.1, 0.15) is 6.33 Å². The number of hydrogen-bond donors (Lipinski definition) is 1. The number of carbonyl (C=O) groups excluding carboxylic acids is 1. The number of ketones is 1. The van der Waals surface area contributed by atoms with Crippen molar-refractivity contribution in [1.82, 2.24) is 9.97 Å².